The van der Waals surface area contributed by atoms with Crippen LogP contribution in [-0.4, -0.2) is 4.98 Å². The molecule has 1 aromatic heterocycles. The van der Waals surface area contributed by atoms with Gasteiger partial charge in [0.25, 0.3) is 0 Å². The zero-order valence-electron chi connectivity index (χ0n) is 8.10. The molecule has 0 unspecified atom stereocenters. The first-order valence-corrected chi connectivity index (χ1v) is 5.06. The quantitative estimate of drug-likeness (QED) is 0.842. The number of benzene rings is 1. The van der Waals surface area contributed by atoms with Crippen LogP contribution in [0.4, 0.5) is 0 Å². The van der Waals surface area contributed by atoms with Crippen LogP contribution >= 0.6 is 11.6 Å². The van der Waals surface area contributed by atoms with Gasteiger partial charge in [-0.2, -0.15) is 0 Å². The molecule has 0 aliphatic rings. The van der Waals surface area contributed by atoms with E-state index >= 15 is 0 Å². The van der Waals surface area contributed by atoms with Gasteiger partial charge in [0, 0.05) is 17.4 Å². The normalized spacial score (nSPS) is 12.4. The number of nitrogens with two attached hydrogens (primary N) is 1. The molecular weight excluding hydrogens is 208 g/mol. The van der Waals surface area contributed by atoms with Gasteiger partial charge >= 0.3 is 0 Å². The Morgan fingerprint density at radius 1 is 1.07 bits per heavy atom. The van der Waals surface area contributed by atoms with E-state index in [1.165, 1.54) is 0 Å². The van der Waals surface area contributed by atoms with E-state index in [1.54, 1.807) is 12.4 Å². The zero-order valence-corrected chi connectivity index (χ0v) is 8.85. The van der Waals surface area contributed by atoms with Gasteiger partial charge in [0.2, 0.25) is 0 Å². The summed E-state index contributed by atoms with van der Waals surface area (Å²) < 4.78 is 0. The SMILES string of the molecule is N[C@H](c1ccncc1)c1cccc(Cl)c1. The van der Waals surface area contributed by atoms with Crippen LogP contribution in [0.3, 0.4) is 0 Å². The highest BCUT2D eigenvalue weighted by molar-refractivity contribution is 6.30. The highest BCUT2D eigenvalue weighted by Crippen LogP contribution is 2.21. The third-order valence-electron chi connectivity index (χ3n) is 2.27. The molecule has 0 spiro atoms. The van der Waals surface area contributed by atoms with Crippen molar-refractivity contribution in [2.75, 3.05) is 0 Å². The Labute approximate surface area is 93.7 Å². The van der Waals surface area contributed by atoms with Crippen LogP contribution in [-0.2, 0) is 0 Å². The fraction of sp³-hybridized carbons (Fsp3) is 0.0833. The van der Waals surface area contributed by atoms with Crippen molar-refractivity contribution < 1.29 is 0 Å². The minimum atomic E-state index is -0.147. The van der Waals surface area contributed by atoms with Gasteiger partial charge in [0.05, 0.1) is 6.04 Å². The van der Waals surface area contributed by atoms with E-state index in [-0.39, 0.29) is 6.04 Å². The van der Waals surface area contributed by atoms with E-state index in [2.05, 4.69) is 4.98 Å². The molecule has 2 rings (SSSR count). The summed E-state index contributed by atoms with van der Waals surface area (Å²) in [6.45, 7) is 0. The maximum atomic E-state index is 6.10. The molecule has 3 heteroatoms. The molecule has 0 saturated carbocycles. The molecule has 1 atom stereocenters. The zero-order chi connectivity index (χ0) is 10.7. The third-order valence-corrected chi connectivity index (χ3v) is 2.51. The molecule has 15 heavy (non-hydrogen) atoms. The molecule has 0 aliphatic carbocycles. The summed E-state index contributed by atoms with van der Waals surface area (Å²) in [6, 6.07) is 11.3. The predicted octanol–water partition coefficient (Wildman–Crippen LogP) is 2.78. The van der Waals surface area contributed by atoms with Crippen LogP contribution in [0.25, 0.3) is 0 Å². The van der Waals surface area contributed by atoms with Crippen molar-refractivity contribution in [3.05, 3.63) is 64.9 Å². The molecule has 76 valence electrons. The number of pyridine rings is 1. The van der Waals surface area contributed by atoms with Gasteiger partial charge in [-0.15, -0.1) is 0 Å². The van der Waals surface area contributed by atoms with Gasteiger partial charge in [-0.05, 0) is 35.4 Å². The van der Waals surface area contributed by atoms with Gasteiger partial charge in [0.15, 0.2) is 0 Å². The van der Waals surface area contributed by atoms with Gasteiger partial charge in [-0.3, -0.25) is 4.98 Å². The molecular formula is C12H11ClN2. The van der Waals surface area contributed by atoms with Crippen LogP contribution in [0.15, 0.2) is 48.8 Å². The number of hydrogen-bond acceptors (Lipinski definition) is 2. The molecule has 0 fully saturated rings. The third kappa shape index (κ3) is 2.35. The molecule has 2 aromatic rings. The molecule has 0 amide bonds. The maximum Gasteiger partial charge on any atom is 0.0553 e. The minimum Gasteiger partial charge on any atom is -0.320 e. The van der Waals surface area contributed by atoms with Crippen molar-refractivity contribution >= 4 is 11.6 Å². The van der Waals surface area contributed by atoms with Crippen LogP contribution < -0.4 is 5.73 Å². The summed E-state index contributed by atoms with van der Waals surface area (Å²) in [7, 11) is 0. The molecule has 0 bridgehead atoms. The van der Waals surface area contributed by atoms with Crippen LogP contribution in [0.5, 0.6) is 0 Å². The fourth-order valence-electron chi connectivity index (χ4n) is 1.46. The molecule has 1 heterocycles. The van der Waals surface area contributed by atoms with Crippen LogP contribution in [0.2, 0.25) is 5.02 Å². The largest absolute Gasteiger partial charge is 0.320 e. The van der Waals surface area contributed by atoms with Crippen molar-refractivity contribution in [3.8, 4) is 0 Å². The Hall–Kier alpha value is -1.38. The lowest BCUT2D eigenvalue weighted by molar-refractivity contribution is 0.868. The van der Waals surface area contributed by atoms with E-state index in [1.807, 2.05) is 36.4 Å². The molecule has 1 aromatic carbocycles. The lowest BCUT2D eigenvalue weighted by Gasteiger charge is -2.12. The first kappa shape index (κ1) is 10.1. The summed E-state index contributed by atoms with van der Waals surface area (Å²) in [5.74, 6) is 0. The summed E-state index contributed by atoms with van der Waals surface area (Å²) in [4.78, 5) is 3.96. The summed E-state index contributed by atoms with van der Waals surface area (Å²) in [5, 5.41) is 0.706. The number of aromatic nitrogens is 1. The average Bonchev–Trinajstić information content (AvgIpc) is 2.29. The number of nitrogens with zero attached hydrogens (tertiary/aromatic N) is 1. The first-order valence-electron chi connectivity index (χ1n) is 4.68. The first-order chi connectivity index (χ1) is 7.27. The van der Waals surface area contributed by atoms with E-state index in [9.17, 15) is 0 Å². The standard InChI is InChI=1S/C12H11ClN2/c13-11-3-1-2-10(8-11)12(14)9-4-6-15-7-5-9/h1-8,12H,14H2/t12-/m1/s1. The average molecular weight is 219 g/mol. The van der Waals surface area contributed by atoms with Gasteiger partial charge in [0.1, 0.15) is 0 Å². The Morgan fingerprint density at radius 2 is 1.80 bits per heavy atom. The summed E-state index contributed by atoms with van der Waals surface area (Å²) in [6.07, 6.45) is 3.47. The van der Waals surface area contributed by atoms with Gasteiger partial charge in [-0.25, -0.2) is 0 Å². The van der Waals surface area contributed by atoms with Crippen molar-refractivity contribution in [3.63, 3.8) is 0 Å². The Balaban J connectivity index is 2.32. The molecule has 0 aliphatic heterocycles. The predicted molar refractivity (Wildman–Crippen MR) is 61.7 cm³/mol. The minimum absolute atomic E-state index is 0.147. The van der Waals surface area contributed by atoms with E-state index in [0.29, 0.717) is 5.02 Å². The van der Waals surface area contributed by atoms with Crippen LogP contribution in [0, 0.1) is 0 Å². The highest BCUT2D eigenvalue weighted by Gasteiger charge is 2.08. The van der Waals surface area contributed by atoms with Gasteiger partial charge in [-0.1, -0.05) is 23.7 Å². The topological polar surface area (TPSA) is 38.9 Å². The molecule has 2 nitrogen and oxygen atoms in total. The van der Waals surface area contributed by atoms with Crippen molar-refractivity contribution in [2.24, 2.45) is 5.73 Å². The second-order valence-corrected chi connectivity index (χ2v) is 3.75. The molecule has 0 radical (unpaired) electrons. The van der Waals surface area contributed by atoms with E-state index < -0.39 is 0 Å². The number of halogens is 1. The maximum absolute atomic E-state index is 6.10. The van der Waals surface area contributed by atoms with Crippen molar-refractivity contribution in [2.45, 2.75) is 6.04 Å². The Morgan fingerprint density at radius 3 is 2.47 bits per heavy atom. The lowest BCUT2D eigenvalue weighted by atomic mass is 10.0. The summed E-state index contributed by atoms with van der Waals surface area (Å²) in [5.41, 5.74) is 8.14. The number of hydrogen-bond donors (Lipinski definition) is 1. The second kappa shape index (κ2) is 4.43. The fourth-order valence-corrected chi connectivity index (χ4v) is 1.66. The Kier molecular flexibility index (Phi) is 2.99. The monoisotopic (exact) mass is 218 g/mol. The van der Waals surface area contributed by atoms with Crippen LogP contribution in [0.1, 0.15) is 17.2 Å². The molecule has 0 saturated heterocycles. The van der Waals surface area contributed by atoms with E-state index in [0.717, 1.165) is 11.1 Å². The van der Waals surface area contributed by atoms with E-state index in [4.69, 9.17) is 17.3 Å². The van der Waals surface area contributed by atoms with Crippen molar-refractivity contribution in [1.29, 1.82) is 0 Å². The number of rotatable bonds is 2. The lowest BCUT2D eigenvalue weighted by Crippen LogP contribution is -2.11. The van der Waals surface area contributed by atoms with Gasteiger partial charge < -0.3 is 5.73 Å². The summed E-state index contributed by atoms with van der Waals surface area (Å²) >= 11 is 5.91. The smallest absolute Gasteiger partial charge is 0.0553 e. The molecule has 2 N–H and O–H groups in total. The van der Waals surface area contributed by atoms with Crippen molar-refractivity contribution in [1.82, 2.24) is 4.98 Å². The Bertz CT molecular complexity index is 442. The second-order valence-electron chi connectivity index (χ2n) is 3.31. The highest BCUT2D eigenvalue weighted by atomic mass is 35.5.